The van der Waals surface area contributed by atoms with Crippen LogP contribution in [0.1, 0.15) is 54.7 Å². The largest absolute Gasteiger partial charge is 0.463 e. The quantitative estimate of drug-likeness (QED) is 0.363. The maximum absolute atomic E-state index is 14.2. The summed E-state index contributed by atoms with van der Waals surface area (Å²) < 4.78 is 7.33. The highest BCUT2D eigenvalue weighted by Crippen LogP contribution is 2.38. The lowest BCUT2D eigenvalue weighted by molar-refractivity contribution is -0.137. The number of ether oxygens (including phenoxy) is 1. The predicted octanol–water partition coefficient (Wildman–Crippen LogP) is 4.81. The molecule has 2 fully saturated rings. The van der Waals surface area contributed by atoms with Crippen LogP contribution in [0.2, 0.25) is 0 Å². The molecule has 1 N–H and O–H groups in total. The van der Waals surface area contributed by atoms with Crippen molar-refractivity contribution in [1.82, 2.24) is 19.8 Å². The first kappa shape index (κ1) is 25.9. The Morgan fingerprint density at radius 3 is 2.61 bits per heavy atom. The molecule has 0 bridgehead atoms. The van der Waals surface area contributed by atoms with Crippen LogP contribution in [-0.4, -0.2) is 58.6 Å². The highest BCUT2D eigenvalue weighted by atomic mass is 16.5. The number of allylic oxidation sites excluding steroid dienone is 1. The van der Waals surface area contributed by atoms with Gasteiger partial charge < -0.3 is 19.5 Å². The molecular weight excluding hydrogens is 476 g/mol. The molecular formula is C31H36N4O3. The Balaban J connectivity index is 1.52. The predicted molar refractivity (Wildman–Crippen MR) is 148 cm³/mol. The molecule has 3 aromatic rings. The van der Waals surface area contributed by atoms with Gasteiger partial charge in [0.2, 0.25) is 0 Å². The minimum atomic E-state index is -0.309. The zero-order chi connectivity index (χ0) is 26.3. The van der Waals surface area contributed by atoms with Crippen LogP contribution in [0, 0.1) is 0 Å². The lowest BCUT2D eigenvalue weighted by atomic mass is 9.89. The average Bonchev–Trinajstić information content (AvgIpc) is 3.39. The summed E-state index contributed by atoms with van der Waals surface area (Å²) in [6.45, 7) is 4.30. The molecule has 1 aliphatic carbocycles. The van der Waals surface area contributed by atoms with Crippen LogP contribution in [0.15, 0.2) is 78.6 Å². The van der Waals surface area contributed by atoms with E-state index in [1.807, 2.05) is 60.4 Å². The van der Waals surface area contributed by atoms with Crippen LogP contribution < -0.4 is 5.32 Å². The zero-order valence-corrected chi connectivity index (χ0v) is 22.0. The van der Waals surface area contributed by atoms with Gasteiger partial charge in [0.05, 0.1) is 24.7 Å². The molecule has 2 atom stereocenters. The molecule has 7 nitrogen and oxygen atoms in total. The molecule has 0 spiro atoms. The van der Waals surface area contributed by atoms with Gasteiger partial charge in [0, 0.05) is 37.3 Å². The lowest BCUT2D eigenvalue weighted by Crippen LogP contribution is -2.54. The van der Waals surface area contributed by atoms with Crippen molar-refractivity contribution in [2.24, 2.45) is 0 Å². The normalized spacial score (nSPS) is 20.9. The maximum atomic E-state index is 14.2. The van der Waals surface area contributed by atoms with Crippen molar-refractivity contribution in [3.05, 3.63) is 89.9 Å². The fourth-order valence-electron chi connectivity index (χ4n) is 5.71. The fraction of sp³-hybridized carbons (Fsp3) is 0.387. The van der Waals surface area contributed by atoms with Gasteiger partial charge >= 0.3 is 5.97 Å². The lowest BCUT2D eigenvalue weighted by Gasteiger charge is -2.36. The zero-order valence-electron chi connectivity index (χ0n) is 22.0. The minimum Gasteiger partial charge on any atom is -0.463 e. The Labute approximate surface area is 224 Å². The SMILES string of the molecule is CCOC(=O)/C=C1\CCCC[C@@H]1n1cnc(C(=O)N2CCNC[C@H]2Cc2ccccc2)c1-c1ccccc1. The summed E-state index contributed by atoms with van der Waals surface area (Å²) in [5.41, 5.74) is 4.48. The van der Waals surface area contributed by atoms with Crippen molar-refractivity contribution in [3.63, 3.8) is 0 Å². The van der Waals surface area contributed by atoms with Gasteiger partial charge in [-0.25, -0.2) is 9.78 Å². The van der Waals surface area contributed by atoms with Gasteiger partial charge in [0.25, 0.3) is 5.91 Å². The maximum Gasteiger partial charge on any atom is 0.330 e. The summed E-state index contributed by atoms with van der Waals surface area (Å²) >= 11 is 0. The van der Waals surface area contributed by atoms with E-state index in [2.05, 4.69) is 22.0 Å². The van der Waals surface area contributed by atoms with Crippen molar-refractivity contribution >= 4 is 11.9 Å². The van der Waals surface area contributed by atoms with Gasteiger partial charge in [-0.1, -0.05) is 67.1 Å². The van der Waals surface area contributed by atoms with E-state index in [0.717, 1.165) is 62.0 Å². The van der Waals surface area contributed by atoms with E-state index in [0.29, 0.717) is 18.8 Å². The number of rotatable bonds is 7. The Hall–Kier alpha value is -3.71. The Morgan fingerprint density at radius 1 is 1.08 bits per heavy atom. The molecule has 1 saturated heterocycles. The number of hydrogen-bond donors (Lipinski definition) is 1. The number of nitrogens with zero attached hydrogens (tertiary/aromatic N) is 3. The van der Waals surface area contributed by atoms with Gasteiger partial charge in [-0.3, -0.25) is 4.79 Å². The first-order valence-corrected chi connectivity index (χ1v) is 13.7. The third kappa shape index (κ3) is 5.73. The van der Waals surface area contributed by atoms with E-state index in [9.17, 15) is 9.59 Å². The molecule has 2 heterocycles. The average molecular weight is 513 g/mol. The number of carbonyl (C=O) groups excluding carboxylic acids is 2. The molecule has 198 valence electrons. The smallest absolute Gasteiger partial charge is 0.330 e. The second kappa shape index (κ2) is 12.2. The Morgan fingerprint density at radius 2 is 1.84 bits per heavy atom. The van der Waals surface area contributed by atoms with E-state index in [1.165, 1.54) is 5.56 Å². The fourth-order valence-corrected chi connectivity index (χ4v) is 5.71. The second-order valence-corrected chi connectivity index (χ2v) is 9.99. The van der Waals surface area contributed by atoms with Gasteiger partial charge in [-0.15, -0.1) is 0 Å². The van der Waals surface area contributed by atoms with Crippen molar-refractivity contribution in [3.8, 4) is 11.3 Å². The first-order chi connectivity index (χ1) is 18.7. The third-order valence-corrected chi connectivity index (χ3v) is 7.52. The summed E-state index contributed by atoms with van der Waals surface area (Å²) in [7, 11) is 0. The molecule has 1 aromatic heterocycles. The van der Waals surface area contributed by atoms with E-state index in [1.54, 1.807) is 12.4 Å². The van der Waals surface area contributed by atoms with E-state index in [-0.39, 0.29) is 24.0 Å². The molecule has 1 saturated carbocycles. The van der Waals surface area contributed by atoms with Crippen LogP contribution in [0.3, 0.4) is 0 Å². The van der Waals surface area contributed by atoms with Crippen molar-refractivity contribution < 1.29 is 14.3 Å². The number of esters is 1. The summed E-state index contributed by atoms with van der Waals surface area (Å²) in [5.74, 6) is -0.353. The van der Waals surface area contributed by atoms with E-state index in [4.69, 9.17) is 9.72 Å². The van der Waals surface area contributed by atoms with Crippen molar-refractivity contribution in [2.45, 2.75) is 51.1 Å². The van der Waals surface area contributed by atoms with Crippen molar-refractivity contribution in [1.29, 1.82) is 0 Å². The molecule has 0 unspecified atom stereocenters. The van der Waals surface area contributed by atoms with Crippen LogP contribution in [0.4, 0.5) is 0 Å². The van der Waals surface area contributed by atoms with Gasteiger partial charge in [0.15, 0.2) is 5.69 Å². The number of amides is 1. The van der Waals surface area contributed by atoms with Crippen LogP contribution in [0.25, 0.3) is 11.3 Å². The van der Waals surface area contributed by atoms with Crippen LogP contribution in [-0.2, 0) is 16.0 Å². The summed E-state index contributed by atoms with van der Waals surface area (Å²) in [5, 5.41) is 3.46. The Bertz CT molecular complexity index is 1270. The summed E-state index contributed by atoms with van der Waals surface area (Å²) in [6, 6.07) is 20.3. The molecule has 38 heavy (non-hydrogen) atoms. The molecule has 2 aliphatic rings. The van der Waals surface area contributed by atoms with Crippen LogP contribution >= 0.6 is 0 Å². The Kier molecular flexibility index (Phi) is 8.34. The highest BCUT2D eigenvalue weighted by Gasteiger charge is 2.33. The summed E-state index contributed by atoms with van der Waals surface area (Å²) in [6.07, 6.45) is 8.03. The second-order valence-electron chi connectivity index (χ2n) is 9.99. The monoisotopic (exact) mass is 512 g/mol. The number of nitrogens with one attached hydrogen (secondary N) is 1. The summed E-state index contributed by atoms with van der Waals surface area (Å²) in [4.78, 5) is 33.3. The molecule has 1 amide bonds. The number of carbonyl (C=O) groups is 2. The molecule has 2 aromatic carbocycles. The van der Waals surface area contributed by atoms with E-state index >= 15 is 0 Å². The van der Waals surface area contributed by atoms with E-state index < -0.39 is 0 Å². The van der Waals surface area contributed by atoms with Crippen molar-refractivity contribution in [2.75, 3.05) is 26.2 Å². The standard InChI is InChI=1S/C31H36N4O3/c1-2-38-28(36)20-25-15-9-10-16-27(25)35-22-33-29(30(35)24-13-7-4-8-14-24)31(37)34-18-17-32-21-26(34)19-23-11-5-3-6-12-23/h3-8,11-14,20,22,26-27,32H,2,9-10,15-19,21H2,1H3/b25-20+/t26-,27+/m1/s1. The molecule has 0 radical (unpaired) electrons. The number of benzene rings is 2. The van der Waals surface area contributed by atoms with Crippen LogP contribution in [0.5, 0.6) is 0 Å². The molecule has 1 aliphatic heterocycles. The number of aromatic nitrogens is 2. The minimum absolute atomic E-state index is 0.0412. The van der Waals surface area contributed by atoms with Gasteiger partial charge in [-0.05, 0) is 43.7 Å². The molecule has 5 rings (SSSR count). The number of piperazine rings is 1. The molecule has 7 heteroatoms. The van der Waals surface area contributed by atoms with Gasteiger partial charge in [-0.2, -0.15) is 0 Å². The first-order valence-electron chi connectivity index (χ1n) is 13.7. The topological polar surface area (TPSA) is 76.5 Å². The third-order valence-electron chi connectivity index (χ3n) is 7.52. The number of hydrogen-bond acceptors (Lipinski definition) is 5. The number of imidazole rings is 1. The highest BCUT2D eigenvalue weighted by molar-refractivity contribution is 5.98. The van der Waals surface area contributed by atoms with Gasteiger partial charge in [0.1, 0.15) is 0 Å².